The number of ether oxygens (including phenoxy) is 1. The fraction of sp³-hybridized carbons (Fsp3) is 0.667. The SMILES string of the molecule is C=CC(=O)OC.IC1C2CCC12. The molecular weight excluding hydrogens is 267 g/mol. The number of hydrogen-bond donors (Lipinski definition) is 0. The van der Waals surface area contributed by atoms with Crippen LogP contribution >= 0.6 is 22.6 Å². The van der Waals surface area contributed by atoms with E-state index < -0.39 is 5.97 Å². The maximum absolute atomic E-state index is 9.84. The van der Waals surface area contributed by atoms with Crippen molar-refractivity contribution >= 4 is 28.6 Å². The fourth-order valence-electron chi connectivity index (χ4n) is 1.35. The second-order valence-electron chi connectivity index (χ2n) is 3.08. The highest BCUT2D eigenvalue weighted by atomic mass is 127. The molecule has 2 fully saturated rings. The number of esters is 1. The molecule has 0 spiro atoms. The maximum atomic E-state index is 9.84. The molecule has 3 heteroatoms. The highest BCUT2D eigenvalue weighted by Gasteiger charge is 2.54. The lowest BCUT2D eigenvalue weighted by Crippen LogP contribution is -1.93. The molecule has 0 radical (unpaired) electrons. The lowest BCUT2D eigenvalue weighted by Gasteiger charge is -2.04. The molecule has 2 nitrogen and oxygen atoms in total. The van der Waals surface area contributed by atoms with Gasteiger partial charge in [0, 0.05) is 10.0 Å². The topological polar surface area (TPSA) is 26.3 Å². The van der Waals surface area contributed by atoms with Crippen LogP contribution in [0.2, 0.25) is 0 Å². The van der Waals surface area contributed by atoms with E-state index in [9.17, 15) is 4.79 Å². The lowest BCUT2D eigenvalue weighted by atomic mass is 10.0. The summed E-state index contributed by atoms with van der Waals surface area (Å²) in [6, 6.07) is 0. The number of carbonyl (C=O) groups is 1. The summed E-state index contributed by atoms with van der Waals surface area (Å²) in [6.07, 6.45) is 4.19. The Hall–Kier alpha value is -0.0600. The van der Waals surface area contributed by atoms with Gasteiger partial charge in [0.1, 0.15) is 0 Å². The van der Waals surface area contributed by atoms with E-state index in [1.165, 1.54) is 31.8 Å². The third-order valence-electron chi connectivity index (χ3n) is 2.43. The Morgan fingerprint density at radius 3 is 2.08 bits per heavy atom. The highest BCUT2D eigenvalue weighted by molar-refractivity contribution is 14.1. The van der Waals surface area contributed by atoms with Crippen molar-refractivity contribution in [1.82, 2.24) is 0 Å². The quantitative estimate of drug-likeness (QED) is 0.318. The molecule has 2 aliphatic carbocycles. The summed E-state index contributed by atoms with van der Waals surface area (Å²) in [7, 11) is 1.31. The van der Waals surface area contributed by atoms with Gasteiger partial charge in [-0.2, -0.15) is 0 Å². The van der Waals surface area contributed by atoms with Crippen LogP contribution in [0.4, 0.5) is 0 Å². The first kappa shape index (κ1) is 10.0. The monoisotopic (exact) mass is 280 g/mol. The van der Waals surface area contributed by atoms with Gasteiger partial charge in [0.15, 0.2) is 0 Å². The Kier molecular flexibility index (Phi) is 3.55. The van der Waals surface area contributed by atoms with Gasteiger partial charge in [-0.3, -0.25) is 0 Å². The van der Waals surface area contributed by atoms with Crippen LogP contribution in [0.3, 0.4) is 0 Å². The van der Waals surface area contributed by atoms with E-state index >= 15 is 0 Å². The zero-order valence-electron chi connectivity index (χ0n) is 7.13. The number of fused-ring (bicyclic) bond motifs is 1. The van der Waals surface area contributed by atoms with Gasteiger partial charge in [-0.1, -0.05) is 29.2 Å². The molecule has 0 amide bonds. The number of alkyl halides is 1. The van der Waals surface area contributed by atoms with E-state index in [0.717, 1.165) is 10.0 Å². The van der Waals surface area contributed by atoms with Crippen LogP contribution in [-0.2, 0) is 9.53 Å². The van der Waals surface area contributed by atoms with Gasteiger partial charge < -0.3 is 4.74 Å². The molecule has 2 aliphatic rings. The number of carbonyl (C=O) groups excluding carboxylic acids is 1. The third-order valence-corrected chi connectivity index (χ3v) is 4.28. The van der Waals surface area contributed by atoms with Crippen molar-refractivity contribution in [3.8, 4) is 0 Å². The summed E-state index contributed by atoms with van der Waals surface area (Å²) in [4.78, 5) is 9.84. The van der Waals surface area contributed by atoms with Gasteiger partial charge in [0.2, 0.25) is 0 Å². The van der Waals surface area contributed by atoms with Crippen molar-refractivity contribution in [3.63, 3.8) is 0 Å². The summed E-state index contributed by atoms with van der Waals surface area (Å²) in [5.41, 5.74) is 0. The molecule has 2 rings (SSSR count). The predicted octanol–water partition coefficient (Wildman–Crippen LogP) is 2.18. The molecule has 0 aromatic rings. The van der Waals surface area contributed by atoms with Crippen LogP contribution in [-0.4, -0.2) is 17.0 Å². The van der Waals surface area contributed by atoms with Gasteiger partial charge in [-0.05, 0) is 24.7 Å². The Morgan fingerprint density at radius 2 is 2.08 bits per heavy atom. The Bertz CT molecular complexity index is 174. The summed E-state index contributed by atoms with van der Waals surface area (Å²) in [5.74, 6) is 1.98. The standard InChI is InChI=1S/C5H7I.C4H6O2/c6-5-3-1-2-4(3)5;1-3-4(5)6-2/h3-5H,1-2H2;3H,1H2,2H3. The van der Waals surface area contributed by atoms with Crippen LogP contribution in [0.5, 0.6) is 0 Å². The van der Waals surface area contributed by atoms with Gasteiger partial charge in [-0.25, -0.2) is 4.79 Å². The second kappa shape index (κ2) is 4.25. The van der Waals surface area contributed by atoms with Crippen molar-refractivity contribution < 1.29 is 9.53 Å². The number of methoxy groups -OCH3 is 1. The average Bonchev–Trinajstić information content (AvgIpc) is 2.47. The maximum Gasteiger partial charge on any atom is 0.329 e. The molecule has 0 aromatic carbocycles. The second-order valence-corrected chi connectivity index (χ2v) is 4.52. The molecule has 12 heavy (non-hydrogen) atoms. The molecule has 2 saturated carbocycles. The van der Waals surface area contributed by atoms with Crippen molar-refractivity contribution in [1.29, 1.82) is 0 Å². The Labute approximate surface area is 86.5 Å². The molecule has 0 heterocycles. The van der Waals surface area contributed by atoms with Crippen LogP contribution in [0, 0.1) is 11.8 Å². The van der Waals surface area contributed by atoms with Crippen LogP contribution in [0.25, 0.3) is 0 Å². The van der Waals surface area contributed by atoms with Crippen molar-refractivity contribution in [2.75, 3.05) is 7.11 Å². The molecule has 0 aliphatic heterocycles. The third kappa shape index (κ3) is 2.21. The normalized spacial score (nSPS) is 34.7. The first-order chi connectivity index (χ1) is 5.70. The zero-order valence-corrected chi connectivity index (χ0v) is 9.28. The zero-order chi connectivity index (χ0) is 9.14. The summed E-state index contributed by atoms with van der Waals surface area (Å²) in [5, 5.41) is 0. The lowest BCUT2D eigenvalue weighted by molar-refractivity contribution is -0.134. The Morgan fingerprint density at radius 1 is 1.58 bits per heavy atom. The number of hydrogen-bond acceptors (Lipinski definition) is 2. The summed E-state index contributed by atoms with van der Waals surface area (Å²) in [6.45, 7) is 3.16. The van der Waals surface area contributed by atoms with Gasteiger partial charge >= 0.3 is 5.97 Å². The van der Waals surface area contributed by atoms with Crippen LogP contribution in [0.1, 0.15) is 12.8 Å². The van der Waals surface area contributed by atoms with E-state index in [4.69, 9.17) is 0 Å². The predicted molar refractivity (Wildman–Crippen MR) is 56.2 cm³/mol. The van der Waals surface area contributed by atoms with E-state index in [1.807, 2.05) is 0 Å². The molecule has 0 bridgehead atoms. The minimum atomic E-state index is -0.394. The molecule has 0 aromatic heterocycles. The smallest absolute Gasteiger partial charge is 0.329 e. The van der Waals surface area contributed by atoms with Gasteiger partial charge in [0.25, 0.3) is 0 Å². The average molecular weight is 280 g/mol. The van der Waals surface area contributed by atoms with Crippen molar-refractivity contribution in [2.24, 2.45) is 11.8 Å². The summed E-state index contributed by atoms with van der Waals surface area (Å²) >= 11 is 2.57. The number of rotatable bonds is 1. The first-order valence-corrected chi connectivity index (χ1v) is 5.29. The minimum absolute atomic E-state index is 0.394. The van der Waals surface area contributed by atoms with E-state index in [2.05, 4.69) is 33.9 Å². The van der Waals surface area contributed by atoms with Crippen LogP contribution < -0.4 is 0 Å². The molecule has 2 unspecified atom stereocenters. The molecule has 0 N–H and O–H groups in total. The Balaban J connectivity index is 0.000000120. The fourth-order valence-corrected chi connectivity index (χ4v) is 2.90. The van der Waals surface area contributed by atoms with Crippen molar-refractivity contribution in [3.05, 3.63) is 12.7 Å². The highest BCUT2D eigenvalue weighted by Crippen LogP contribution is 2.60. The van der Waals surface area contributed by atoms with Gasteiger partial charge in [0.05, 0.1) is 7.11 Å². The van der Waals surface area contributed by atoms with Gasteiger partial charge in [-0.15, -0.1) is 0 Å². The number of halogens is 1. The largest absolute Gasteiger partial charge is 0.466 e. The van der Waals surface area contributed by atoms with E-state index in [-0.39, 0.29) is 0 Å². The van der Waals surface area contributed by atoms with E-state index in [1.54, 1.807) is 0 Å². The summed E-state index contributed by atoms with van der Waals surface area (Å²) < 4.78 is 5.24. The first-order valence-electron chi connectivity index (χ1n) is 4.05. The molecule has 0 saturated heterocycles. The van der Waals surface area contributed by atoms with E-state index in [0.29, 0.717) is 0 Å². The van der Waals surface area contributed by atoms with Crippen molar-refractivity contribution in [2.45, 2.75) is 16.8 Å². The van der Waals surface area contributed by atoms with Crippen LogP contribution in [0.15, 0.2) is 12.7 Å². The minimum Gasteiger partial charge on any atom is -0.466 e. The molecule has 2 atom stereocenters. The molecule has 68 valence electrons. The molecular formula is C9H13IO2.